The minimum absolute atomic E-state index is 0.0455. The second-order valence-corrected chi connectivity index (χ2v) is 8.18. The van der Waals surface area contributed by atoms with Crippen molar-refractivity contribution in [3.05, 3.63) is 47.1 Å². The molecule has 6 nitrogen and oxygen atoms in total. The molecule has 1 unspecified atom stereocenters. The molecule has 28 heavy (non-hydrogen) atoms. The monoisotopic (exact) mass is 382 g/mol. The van der Waals surface area contributed by atoms with Gasteiger partial charge in [-0.15, -0.1) is 0 Å². The van der Waals surface area contributed by atoms with Crippen molar-refractivity contribution in [2.45, 2.75) is 45.1 Å². The van der Waals surface area contributed by atoms with Crippen molar-refractivity contribution in [2.24, 2.45) is 0 Å². The van der Waals surface area contributed by atoms with Crippen molar-refractivity contribution in [1.82, 2.24) is 19.6 Å². The fourth-order valence-electron chi connectivity index (χ4n) is 4.67. The maximum atomic E-state index is 13.0. The van der Waals surface area contributed by atoms with Gasteiger partial charge in [-0.1, -0.05) is 0 Å². The van der Waals surface area contributed by atoms with Crippen molar-refractivity contribution >= 4 is 12.3 Å². The summed E-state index contributed by atoms with van der Waals surface area (Å²) in [6, 6.07) is 0.0455. The number of carbonyl (C=O) groups excluding carboxylic acids is 2. The Morgan fingerprint density at radius 2 is 1.93 bits per heavy atom. The maximum Gasteiger partial charge on any atom is 0.251 e. The van der Waals surface area contributed by atoms with Gasteiger partial charge in [-0.25, -0.2) is 0 Å². The fourth-order valence-corrected chi connectivity index (χ4v) is 4.67. The molecule has 1 atom stereocenters. The van der Waals surface area contributed by atoms with Gasteiger partial charge in [0.2, 0.25) is 6.41 Å². The molecule has 4 rings (SSSR count). The van der Waals surface area contributed by atoms with Crippen molar-refractivity contribution in [1.29, 1.82) is 0 Å². The third-order valence-electron chi connectivity index (χ3n) is 6.14. The summed E-state index contributed by atoms with van der Waals surface area (Å²) < 4.78 is 0. The second kappa shape index (κ2) is 7.86. The van der Waals surface area contributed by atoms with Crippen LogP contribution in [0.4, 0.5) is 0 Å². The molecular formula is C22H30N4O2. The third-order valence-corrected chi connectivity index (χ3v) is 6.14. The van der Waals surface area contributed by atoms with Crippen LogP contribution in [0.2, 0.25) is 0 Å². The van der Waals surface area contributed by atoms with Crippen molar-refractivity contribution in [3.8, 4) is 0 Å². The van der Waals surface area contributed by atoms with Gasteiger partial charge in [0.05, 0.1) is 6.04 Å². The minimum atomic E-state index is 0.0455. The molecule has 4 aliphatic rings. The Hall–Kier alpha value is -2.50. The molecule has 4 aliphatic heterocycles. The van der Waals surface area contributed by atoms with Crippen molar-refractivity contribution in [2.75, 3.05) is 33.2 Å². The van der Waals surface area contributed by atoms with Gasteiger partial charge < -0.3 is 19.6 Å². The molecule has 0 aromatic carbocycles. The second-order valence-electron chi connectivity index (χ2n) is 8.18. The number of likely N-dealkylation sites (N-methyl/N-ethyl adjacent to an activating group) is 1. The van der Waals surface area contributed by atoms with Crippen LogP contribution >= 0.6 is 0 Å². The first-order chi connectivity index (χ1) is 13.6. The molecule has 6 heteroatoms. The number of rotatable bonds is 3. The lowest BCUT2D eigenvalue weighted by Crippen LogP contribution is -2.44. The van der Waals surface area contributed by atoms with Crippen LogP contribution in [0.15, 0.2) is 47.1 Å². The smallest absolute Gasteiger partial charge is 0.251 e. The fraction of sp³-hybridized carbons (Fsp3) is 0.545. The van der Waals surface area contributed by atoms with Crippen LogP contribution in [0.5, 0.6) is 0 Å². The summed E-state index contributed by atoms with van der Waals surface area (Å²) in [6.07, 6.45) is 14.5. The lowest BCUT2D eigenvalue weighted by atomic mass is 9.96. The van der Waals surface area contributed by atoms with E-state index in [9.17, 15) is 9.59 Å². The molecule has 0 aromatic heterocycles. The number of amides is 2. The quantitative estimate of drug-likeness (QED) is 0.704. The summed E-state index contributed by atoms with van der Waals surface area (Å²) in [5.41, 5.74) is 3.29. The summed E-state index contributed by atoms with van der Waals surface area (Å²) in [4.78, 5) is 32.4. The van der Waals surface area contributed by atoms with Gasteiger partial charge in [-0.05, 0) is 62.8 Å². The van der Waals surface area contributed by atoms with Gasteiger partial charge in [0, 0.05) is 50.7 Å². The number of carbonyl (C=O) groups is 2. The number of nitrogens with zero attached hydrogens (tertiary/aromatic N) is 4. The SMILES string of the molecule is CC1C=C(N2CCCC3=C2N(C)CC(C(=O)N2CCCCC2)=C3)C=CN1C=O. The van der Waals surface area contributed by atoms with Crippen LogP contribution in [0.3, 0.4) is 0 Å². The average molecular weight is 383 g/mol. The van der Waals surface area contributed by atoms with Gasteiger partial charge >= 0.3 is 0 Å². The van der Waals surface area contributed by atoms with Gasteiger partial charge in [-0.3, -0.25) is 9.59 Å². The highest BCUT2D eigenvalue weighted by Crippen LogP contribution is 2.34. The minimum Gasteiger partial charge on any atom is -0.356 e. The van der Waals surface area contributed by atoms with E-state index >= 15 is 0 Å². The van der Waals surface area contributed by atoms with E-state index in [2.05, 4.69) is 29.0 Å². The average Bonchev–Trinajstić information content (AvgIpc) is 2.73. The molecule has 0 saturated carbocycles. The number of piperidine rings is 1. The van der Waals surface area contributed by atoms with Crippen LogP contribution in [0.1, 0.15) is 39.0 Å². The number of hydrogen-bond acceptors (Lipinski definition) is 4. The predicted molar refractivity (Wildman–Crippen MR) is 109 cm³/mol. The van der Waals surface area contributed by atoms with E-state index in [1.165, 1.54) is 17.8 Å². The van der Waals surface area contributed by atoms with E-state index in [1.54, 1.807) is 4.90 Å². The Kier molecular flexibility index (Phi) is 5.29. The van der Waals surface area contributed by atoms with Crippen LogP contribution in [0.25, 0.3) is 0 Å². The molecule has 0 aliphatic carbocycles. The van der Waals surface area contributed by atoms with Crippen LogP contribution in [0, 0.1) is 0 Å². The lowest BCUT2D eigenvalue weighted by Gasteiger charge is -2.43. The van der Waals surface area contributed by atoms with E-state index in [-0.39, 0.29) is 11.9 Å². The van der Waals surface area contributed by atoms with Gasteiger partial charge in [0.25, 0.3) is 5.91 Å². The Balaban J connectivity index is 1.60. The molecule has 0 radical (unpaired) electrons. The first-order valence-corrected chi connectivity index (χ1v) is 10.4. The Bertz CT molecular complexity index is 773. The lowest BCUT2D eigenvalue weighted by molar-refractivity contribution is -0.128. The van der Waals surface area contributed by atoms with Crippen LogP contribution in [-0.4, -0.2) is 71.2 Å². The molecule has 4 heterocycles. The highest BCUT2D eigenvalue weighted by atomic mass is 16.2. The molecule has 0 aromatic rings. The largest absolute Gasteiger partial charge is 0.356 e. The number of allylic oxidation sites excluding steroid dienone is 3. The molecule has 2 amide bonds. The van der Waals surface area contributed by atoms with Gasteiger partial charge in [-0.2, -0.15) is 0 Å². The van der Waals surface area contributed by atoms with Crippen molar-refractivity contribution < 1.29 is 9.59 Å². The zero-order chi connectivity index (χ0) is 19.7. The summed E-state index contributed by atoms with van der Waals surface area (Å²) in [7, 11) is 2.08. The highest BCUT2D eigenvalue weighted by molar-refractivity contribution is 5.94. The third kappa shape index (κ3) is 3.48. The van der Waals surface area contributed by atoms with E-state index in [4.69, 9.17) is 0 Å². The van der Waals surface area contributed by atoms with E-state index in [0.29, 0.717) is 6.54 Å². The van der Waals surface area contributed by atoms with Crippen LogP contribution in [-0.2, 0) is 9.59 Å². The Labute approximate surface area is 167 Å². The zero-order valence-corrected chi connectivity index (χ0v) is 16.9. The summed E-state index contributed by atoms with van der Waals surface area (Å²) in [5.74, 6) is 1.41. The first-order valence-electron chi connectivity index (χ1n) is 10.4. The Morgan fingerprint density at radius 3 is 2.64 bits per heavy atom. The standard InChI is InChI=1S/C22H30N4O2/c1-17-13-20(8-12-25(17)16-27)26-11-6-7-18-14-19(15-23(2)21(18)26)22(28)24-9-4-3-5-10-24/h8,12-14,16-17H,3-7,9-11,15H2,1-2H3. The van der Waals surface area contributed by atoms with Gasteiger partial charge in [0.15, 0.2) is 0 Å². The summed E-state index contributed by atoms with van der Waals surface area (Å²) in [6.45, 7) is 5.41. The van der Waals surface area contributed by atoms with E-state index in [0.717, 1.165) is 63.0 Å². The summed E-state index contributed by atoms with van der Waals surface area (Å²) >= 11 is 0. The number of likely N-dealkylation sites (tertiary alicyclic amines) is 1. The number of hydrogen-bond donors (Lipinski definition) is 0. The topological polar surface area (TPSA) is 47.1 Å². The van der Waals surface area contributed by atoms with E-state index < -0.39 is 0 Å². The highest BCUT2D eigenvalue weighted by Gasteiger charge is 2.32. The molecule has 0 spiro atoms. The van der Waals surface area contributed by atoms with Crippen molar-refractivity contribution in [3.63, 3.8) is 0 Å². The molecule has 150 valence electrons. The Morgan fingerprint density at radius 1 is 1.14 bits per heavy atom. The zero-order valence-electron chi connectivity index (χ0n) is 16.9. The maximum absolute atomic E-state index is 13.0. The summed E-state index contributed by atoms with van der Waals surface area (Å²) in [5, 5.41) is 0. The molecule has 0 N–H and O–H groups in total. The van der Waals surface area contributed by atoms with E-state index in [1.807, 2.05) is 24.1 Å². The normalized spacial score (nSPS) is 25.4. The molecule has 0 bridgehead atoms. The molecule has 1 saturated heterocycles. The van der Waals surface area contributed by atoms with Crippen LogP contribution < -0.4 is 0 Å². The first kappa shape index (κ1) is 18.8. The molecular weight excluding hydrogens is 352 g/mol. The molecule has 1 fully saturated rings. The predicted octanol–water partition coefficient (Wildman–Crippen LogP) is 2.44. The van der Waals surface area contributed by atoms with Gasteiger partial charge in [0.1, 0.15) is 5.82 Å².